The Morgan fingerprint density at radius 2 is 1.52 bits per heavy atom. The van der Waals surface area contributed by atoms with Crippen LogP contribution in [0.3, 0.4) is 0 Å². The molecule has 1 atom stereocenters. The monoisotopic (exact) mass is 311 g/mol. The number of ketones is 1. The van der Waals surface area contributed by atoms with Crippen LogP contribution in [0.15, 0.2) is 60.7 Å². The number of hydrogen-bond donors (Lipinski definition) is 1. The average molecular weight is 311 g/mol. The third-order valence-electron chi connectivity index (χ3n) is 3.52. The van der Waals surface area contributed by atoms with Gasteiger partial charge >= 0.3 is 6.09 Å². The summed E-state index contributed by atoms with van der Waals surface area (Å²) in [4.78, 5) is 24.0. The van der Waals surface area contributed by atoms with E-state index in [1.807, 2.05) is 60.7 Å². The Balaban J connectivity index is 1.91. The quantitative estimate of drug-likeness (QED) is 0.851. The zero-order valence-electron chi connectivity index (χ0n) is 13.2. The minimum Gasteiger partial charge on any atom is -0.445 e. The fraction of sp³-hybridized carbons (Fsp3) is 0.263. The summed E-state index contributed by atoms with van der Waals surface area (Å²) in [6.45, 7) is 1.97. The van der Waals surface area contributed by atoms with Gasteiger partial charge in [0.1, 0.15) is 6.61 Å². The van der Waals surface area contributed by atoms with Crippen molar-refractivity contribution in [3.63, 3.8) is 0 Å². The molecular formula is C19H21NO3. The molecule has 2 aromatic carbocycles. The van der Waals surface area contributed by atoms with Crippen LogP contribution in [0, 0.1) is 0 Å². The van der Waals surface area contributed by atoms with Crippen molar-refractivity contribution in [1.29, 1.82) is 0 Å². The maximum absolute atomic E-state index is 12.1. The smallest absolute Gasteiger partial charge is 0.408 e. The molecule has 0 aliphatic heterocycles. The van der Waals surface area contributed by atoms with E-state index in [1.165, 1.54) is 0 Å². The molecule has 1 amide bonds. The third kappa shape index (κ3) is 5.58. The number of nitrogens with one attached hydrogen (secondary N) is 1. The molecule has 0 aromatic heterocycles. The van der Waals surface area contributed by atoms with Crippen LogP contribution in [-0.2, 0) is 22.6 Å². The first kappa shape index (κ1) is 16.7. The van der Waals surface area contributed by atoms with E-state index in [-0.39, 0.29) is 12.4 Å². The summed E-state index contributed by atoms with van der Waals surface area (Å²) in [6, 6.07) is 18.5. The first-order valence-corrected chi connectivity index (χ1v) is 7.73. The molecule has 4 heteroatoms. The van der Waals surface area contributed by atoms with Crippen molar-refractivity contribution in [2.45, 2.75) is 32.4 Å². The van der Waals surface area contributed by atoms with Gasteiger partial charge < -0.3 is 10.1 Å². The number of hydrogen-bond acceptors (Lipinski definition) is 3. The predicted molar refractivity (Wildman–Crippen MR) is 89.0 cm³/mol. The normalized spacial score (nSPS) is 11.5. The van der Waals surface area contributed by atoms with Gasteiger partial charge in [-0.2, -0.15) is 0 Å². The molecular weight excluding hydrogens is 290 g/mol. The largest absolute Gasteiger partial charge is 0.445 e. The van der Waals surface area contributed by atoms with Crippen LogP contribution >= 0.6 is 0 Å². The molecule has 2 aromatic rings. The molecule has 4 nitrogen and oxygen atoms in total. The summed E-state index contributed by atoms with van der Waals surface area (Å²) < 4.78 is 5.19. The molecule has 23 heavy (non-hydrogen) atoms. The lowest BCUT2D eigenvalue weighted by Gasteiger charge is -2.17. The highest BCUT2D eigenvalue weighted by Crippen LogP contribution is 2.07. The van der Waals surface area contributed by atoms with Gasteiger partial charge in [0.25, 0.3) is 0 Å². The van der Waals surface area contributed by atoms with Gasteiger partial charge in [-0.3, -0.25) is 4.79 Å². The van der Waals surface area contributed by atoms with Crippen LogP contribution < -0.4 is 5.32 Å². The van der Waals surface area contributed by atoms with Crippen molar-refractivity contribution in [2.75, 3.05) is 0 Å². The zero-order valence-corrected chi connectivity index (χ0v) is 13.2. The second-order valence-electron chi connectivity index (χ2n) is 5.27. The van der Waals surface area contributed by atoms with E-state index in [0.717, 1.165) is 11.1 Å². The summed E-state index contributed by atoms with van der Waals surface area (Å²) in [6.07, 6.45) is 0.265. The van der Waals surface area contributed by atoms with Gasteiger partial charge in [-0.05, 0) is 17.5 Å². The number of carbonyl (C=O) groups is 2. The molecule has 0 bridgehead atoms. The van der Waals surface area contributed by atoms with Crippen LogP contribution in [0.4, 0.5) is 4.79 Å². The number of alkyl carbamates (subject to hydrolysis) is 1. The summed E-state index contributed by atoms with van der Waals surface area (Å²) in [7, 11) is 0. The van der Waals surface area contributed by atoms with E-state index in [4.69, 9.17) is 4.74 Å². The Morgan fingerprint density at radius 3 is 2.09 bits per heavy atom. The van der Waals surface area contributed by atoms with Crippen LogP contribution in [0.5, 0.6) is 0 Å². The maximum atomic E-state index is 12.1. The highest BCUT2D eigenvalue weighted by atomic mass is 16.5. The maximum Gasteiger partial charge on any atom is 0.408 e. The predicted octanol–water partition coefficient (Wildman–Crippen LogP) is 3.50. The standard InChI is InChI=1S/C19H21NO3/c1-2-18(21)17(13-15-9-5-3-6-10-15)20-19(22)23-14-16-11-7-4-8-12-16/h3-12,17H,2,13-14H2,1H3,(H,20,22). The van der Waals surface area contributed by atoms with Crippen molar-refractivity contribution in [1.82, 2.24) is 5.32 Å². The minimum atomic E-state index is -0.573. The van der Waals surface area contributed by atoms with Crippen molar-refractivity contribution in [3.05, 3.63) is 71.8 Å². The van der Waals surface area contributed by atoms with Crippen LogP contribution in [-0.4, -0.2) is 17.9 Å². The number of amides is 1. The molecule has 1 N–H and O–H groups in total. The number of benzene rings is 2. The third-order valence-corrected chi connectivity index (χ3v) is 3.52. The van der Waals surface area contributed by atoms with Crippen molar-refractivity contribution in [2.24, 2.45) is 0 Å². The molecule has 0 saturated heterocycles. The minimum absolute atomic E-state index is 0.00878. The molecule has 0 aliphatic rings. The molecule has 0 heterocycles. The van der Waals surface area contributed by atoms with Crippen molar-refractivity contribution < 1.29 is 14.3 Å². The first-order chi connectivity index (χ1) is 11.2. The van der Waals surface area contributed by atoms with Gasteiger partial charge in [0.05, 0.1) is 6.04 Å². The molecule has 2 rings (SSSR count). The first-order valence-electron chi connectivity index (χ1n) is 7.73. The Labute approximate surface area is 136 Å². The molecule has 0 radical (unpaired) electrons. The molecule has 0 aliphatic carbocycles. The van der Waals surface area contributed by atoms with Crippen LogP contribution in [0.1, 0.15) is 24.5 Å². The summed E-state index contributed by atoms with van der Waals surface area (Å²) in [5.74, 6) is -0.00878. The molecule has 120 valence electrons. The van der Waals surface area contributed by atoms with E-state index in [9.17, 15) is 9.59 Å². The molecule has 0 saturated carbocycles. The lowest BCUT2D eigenvalue weighted by Crippen LogP contribution is -2.42. The zero-order chi connectivity index (χ0) is 16.5. The van der Waals surface area contributed by atoms with Gasteiger partial charge in [0.2, 0.25) is 0 Å². The number of rotatable bonds is 7. The second kappa shape index (κ2) is 8.73. The second-order valence-corrected chi connectivity index (χ2v) is 5.27. The lowest BCUT2D eigenvalue weighted by atomic mass is 10.0. The van der Waals surface area contributed by atoms with Crippen LogP contribution in [0.25, 0.3) is 0 Å². The fourth-order valence-corrected chi connectivity index (χ4v) is 2.25. The van der Waals surface area contributed by atoms with Gasteiger partial charge in [-0.15, -0.1) is 0 Å². The Kier molecular flexibility index (Phi) is 6.36. The SMILES string of the molecule is CCC(=O)C(Cc1ccccc1)NC(=O)OCc1ccccc1. The van der Waals surface area contributed by atoms with Crippen molar-refractivity contribution in [3.8, 4) is 0 Å². The summed E-state index contributed by atoms with van der Waals surface area (Å²) >= 11 is 0. The van der Waals surface area contributed by atoms with Gasteiger partial charge in [-0.1, -0.05) is 67.6 Å². The fourth-order valence-electron chi connectivity index (χ4n) is 2.25. The molecule has 0 fully saturated rings. The highest BCUT2D eigenvalue weighted by molar-refractivity contribution is 5.87. The number of ether oxygens (including phenoxy) is 1. The van der Waals surface area contributed by atoms with Gasteiger partial charge in [0.15, 0.2) is 5.78 Å². The number of Topliss-reactive ketones (excluding diaryl/α,β-unsaturated/α-hetero) is 1. The molecule has 1 unspecified atom stereocenters. The van der Waals surface area contributed by atoms with E-state index < -0.39 is 12.1 Å². The van der Waals surface area contributed by atoms with Gasteiger partial charge in [-0.25, -0.2) is 4.79 Å². The Hall–Kier alpha value is -2.62. The summed E-state index contributed by atoms with van der Waals surface area (Å²) in [5.41, 5.74) is 1.91. The Morgan fingerprint density at radius 1 is 0.957 bits per heavy atom. The Bertz CT molecular complexity index is 626. The van der Waals surface area contributed by atoms with E-state index in [0.29, 0.717) is 12.8 Å². The van der Waals surface area contributed by atoms with E-state index >= 15 is 0 Å². The van der Waals surface area contributed by atoms with E-state index in [2.05, 4.69) is 5.32 Å². The highest BCUT2D eigenvalue weighted by Gasteiger charge is 2.20. The lowest BCUT2D eigenvalue weighted by molar-refractivity contribution is -0.120. The van der Waals surface area contributed by atoms with E-state index in [1.54, 1.807) is 6.92 Å². The number of carbonyl (C=O) groups excluding carboxylic acids is 2. The molecule has 0 spiro atoms. The summed E-state index contributed by atoms with van der Waals surface area (Å²) in [5, 5.41) is 2.68. The van der Waals surface area contributed by atoms with Crippen LogP contribution in [0.2, 0.25) is 0 Å². The van der Waals surface area contributed by atoms with Gasteiger partial charge in [0, 0.05) is 6.42 Å². The average Bonchev–Trinajstić information content (AvgIpc) is 2.60. The van der Waals surface area contributed by atoms with Crippen molar-refractivity contribution >= 4 is 11.9 Å². The topological polar surface area (TPSA) is 55.4 Å².